The number of hydrogen-bond donors (Lipinski definition) is 0. The number of benzene rings is 2. The van der Waals surface area contributed by atoms with Gasteiger partial charge in [-0.2, -0.15) is 0 Å². The molecule has 18 heavy (non-hydrogen) atoms. The van der Waals surface area contributed by atoms with Crippen molar-refractivity contribution < 1.29 is 22.9 Å². The Morgan fingerprint density at radius 1 is 0.722 bits per heavy atom. The summed E-state index contributed by atoms with van der Waals surface area (Å²) in [5.74, 6) is 0. The number of hydrogen-bond acceptors (Lipinski definition) is 0. The van der Waals surface area contributed by atoms with Crippen molar-refractivity contribution in [2.45, 2.75) is 0 Å². The summed E-state index contributed by atoms with van der Waals surface area (Å²) in [4.78, 5) is 3.29. The van der Waals surface area contributed by atoms with Crippen LogP contribution in [0.15, 0.2) is 54.7 Å². The monoisotopic (exact) mass is 305 g/mol. The summed E-state index contributed by atoms with van der Waals surface area (Å²) < 4.78 is 0. The molecule has 0 saturated heterocycles. The van der Waals surface area contributed by atoms with Crippen LogP contribution in [0.5, 0.6) is 0 Å². The first kappa shape index (κ1) is 19.3. The van der Waals surface area contributed by atoms with Crippen molar-refractivity contribution in [3.05, 3.63) is 54.7 Å². The molecule has 0 spiro atoms. The molecule has 0 unspecified atom stereocenters. The Bertz CT molecular complexity index is 561. The molecule has 0 aliphatic heterocycles. The minimum atomic E-state index is 0. The summed E-state index contributed by atoms with van der Waals surface area (Å²) in [6.07, 6.45) is 2.05. The van der Waals surface area contributed by atoms with E-state index >= 15 is 0 Å². The predicted molar refractivity (Wildman–Crippen MR) is 76.1 cm³/mol. The smallest absolute Gasteiger partial charge is 0.211 e. The number of pyridine rings is 1. The maximum atomic E-state index is 3.29. The van der Waals surface area contributed by atoms with E-state index in [1.807, 2.05) is 6.07 Å². The minimum Gasteiger partial charge on any atom is -1.00 e. The average Bonchev–Trinajstić information content (AvgIpc) is 2.29. The van der Waals surface area contributed by atoms with Crippen LogP contribution in [0.25, 0.3) is 21.7 Å². The summed E-state index contributed by atoms with van der Waals surface area (Å²) in [5.41, 5.74) is 1.19. The van der Waals surface area contributed by atoms with Gasteiger partial charge in [0.05, 0.1) is 5.39 Å². The fourth-order valence-electron chi connectivity index (χ4n) is 1.87. The zero-order chi connectivity index (χ0) is 9.38. The lowest BCUT2D eigenvalue weighted by molar-refractivity contribution is -0.342. The highest BCUT2D eigenvalue weighted by atomic mass is 35.5. The van der Waals surface area contributed by atoms with Crippen LogP contribution in [0.3, 0.4) is 0 Å². The van der Waals surface area contributed by atoms with Gasteiger partial charge in [0.15, 0.2) is 6.20 Å². The molecule has 1 aromatic heterocycles. The Labute approximate surface area is 124 Å². The van der Waals surface area contributed by atoms with Crippen molar-refractivity contribution >= 4 is 46.5 Å². The second kappa shape index (κ2) is 8.11. The molecule has 0 bridgehead atoms. The van der Waals surface area contributed by atoms with Crippen LogP contribution < -0.4 is 17.4 Å². The molecule has 98 valence electrons. The van der Waals surface area contributed by atoms with E-state index in [0.29, 0.717) is 0 Å². The van der Waals surface area contributed by atoms with Gasteiger partial charge in [0.1, 0.15) is 0 Å². The fourth-order valence-corrected chi connectivity index (χ4v) is 1.87. The lowest BCUT2D eigenvalue weighted by atomic mass is 10.1. The molecule has 5 heteroatoms. The Morgan fingerprint density at radius 3 is 2.00 bits per heavy atom. The number of fused-ring (bicyclic) bond motifs is 3. The summed E-state index contributed by atoms with van der Waals surface area (Å²) in [7, 11) is 0. The second-order valence-electron chi connectivity index (χ2n) is 3.42. The topological polar surface area (TPSA) is 45.6 Å². The molecule has 0 aliphatic rings. The molecule has 2 nitrogen and oxygen atoms in total. The van der Waals surface area contributed by atoms with Gasteiger partial charge in [-0.25, -0.2) is 4.98 Å². The van der Waals surface area contributed by atoms with Gasteiger partial charge in [-0.3, -0.25) is 0 Å². The highest BCUT2D eigenvalue weighted by molar-refractivity contribution is 6.03. The first-order valence-electron chi connectivity index (χ1n) is 4.73. The number of halogens is 3. The normalized spacial score (nSPS) is 8.44. The Balaban J connectivity index is 0. The van der Waals surface area contributed by atoms with Crippen LogP contribution in [0.1, 0.15) is 0 Å². The molecule has 0 atom stereocenters. The molecule has 0 saturated carbocycles. The number of H-pyrrole nitrogens is 1. The third-order valence-electron chi connectivity index (χ3n) is 2.56. The van der Waals surface area contributed by atoms with E-state index < -0.39 is 0 Å². The summed E-state index contributed by atoms with van der Waals surface area (Å²) >= 11 is 0. The van der Waals surface area contributed by atoms with Crippen molar-refractivity contribution in [1.82, 2.24) is 0 Å². The van der Waals surface area contributed by atoms with Gasteiger partial charge in [-0.15, -0.1) is 24.8 Å². The Morgan fingerprint density at radius 2 is 1.28 bits per heavy atom. The molecule has 0 aliphatic carbocycles. The van der Waals surface area contributed by atoms with E-state index in [4.69, 9.17) is 0 Å². The molecule has 3 aromatic rings. The Hall–Kier alpha value is -1.06. The number of rotatable bonds is 0. The third kappa shape index (κ3) is 3.24. The number of para-hydroxylation sites is 1. The lowest BCUT2D eigenvalue weighted by Gasteiger charge is -1.97. The van der Waals surface area contributed by atoms with Gasteiger partial charge in [0, 0.05) is 16.8 Å². The van der Waals surface area contributed by atoms with Gasteiger partial charge in [0.25, 0.3) is 0 Å². The minimum absolute atomic E-state index is 0. The van der Waals surface area contributed by atoms with Crippen LogP contribution in [0.4, 0.5) is 0 Å². The van der Waals surface area contributed by atoms with E-state index in [2.05, 4.69) is 53.6 Å². The quantitative estimate of drug-likeness (QED) is 0.518. The highest BCUT2D eigenvalue weighted by Gasteiger charge is 2.03. The van der Waals surface area contributed by atoms with Gasteiger partial charge in [-0.05, 0) is 12.1 Å². The largest absolute Gasteiger partial charge is 1.00 e. The van der Waals surface area contributed by atoms with Crippen LogP contribution in [-0.2, 0) is 0 Å². The number of nitrogens with one attached hydrogen (secondary N) is 1. The van der Waals surface area contributed by atoms with Crippen LogP contribution in [-0.4, -0.2) is 5.48 Å². The zero-order valence-corrected chi connectivity index (χ0v) is 11.8. The molecule has 3 rings (SSSR count). The lowest BCUT2D eigenvalue weighted by Crippen LogP contribution is -3.00. The Kier molecular flexibility index (Phi) is 8.69. The standard InChI is InChI=1S/C13H9N.3ClH.H2O/c1-2-6-11-10(5-1)9-14-13-8-4-3-7-12(11)13;;;;/h1-9H;3*1H;1H2. The van der Waals surface area contributed by atoms with E-state index in [1.165, 1.54) is 21.7 Å². The average molecular weight is 307 g/mol. The highest BCUT2D eigenvalue weighted by Crippen LogP contribution is 2.20. The molecule has 0 radical (unpaired) electrons. The molecule has 3 N–H and O–H groups in total. The summed E-state index contributed by atoms with van der Waals surface area (Å²) in [5, 5.41) is 3.85. The fraction of sp³-hybridized carbons (Fsp3) is 0. The van der Waals surface area contributed by atoms with Crippen LogP contribution in [0.2, 0.25) is 0 Å². The maximum Gasteiger partial charge on any atom is 0.211 e. The molecule has 0 amide bonds. The molecular weight excluding hydrogens is 293 g/mol. The zero-order valence-electron chi connectivity index (χ0n) is 9.39. The van der Waals surface area contributed by atoms with Crippen LogP contribution in [0, 0.1) is 0 Å². The van der Waals surface area contributed by atoms with Crippen molar-refractivity contribution in [2.24, 2.45) is 0 Å². The first-order valence-corrected chi connectivity index (χ1v) is 4.73. The molecule has 2 aromatic carbocycles. The summed E-state index contributed by atoms with van der Waals surface area (Å²) in [6, 6.07) is 16.8. The molecular formula is C13H14Cl3NO. The molecule has 1 heterocycles. The predicted octanol–water partition coefficient (Wildman–Crippen LogP) is -0.170. The maximum absolute atomic E-state index is 3.29. The number of aromatic amines is 1. The van der Waals surface area contributed by atoms with E-state index in [-0.39, 0.29) is 42.7 Å². The van der Waals surface area contributed by atoms with Crippen molar-refractivity contribution in [3.8, 4) is 0 Å². The van der Waals surface area contributed by atoms with Gasteiger partial charge in [0.2, 0.25) is 5.52 Å². The van der Waals surface area contributed by atoms with Gasteiger partial charge < -0.3 is 17.9 Å². The van der Waals surface area contributed by atoms with E-state index in [9.17, 15) is 0 Å². The SMILES string of the molecule is Cl.Cl.O.[Cl-].c1ccc2c(c1)c[nH+]c1ccccc12. The van der Waals surface area contributed by atoms with Gasteiger partial charge in [-0.1, -0.05) is 30.3 Å². The number of aromatic nitrogens is 1. The van der Waals surface area contributed by atoms with E-state index in [1.54, 1.807) is 0 Å². The summed E-state index contributed by atoms with van der Waals surface area (Å²) in [6.45, 7) is 0. The van der Waals surface area contributed by atoms with Gasteiger partial charge >= 0.3 is 0 Å². The van der Waals surface area contributed by atoms with Crippen molar-refractivity contribution in [1.29, 1.82) is 0 Å². The second-order valence-corrected chi connectivity index (χ2v) is 3.42. The third-order valence-corrected chi connectivity index (χ3v) is 2.56. The van der Waals surface area contributed by atoms with Crippen molar-refractivity contribution in [2.75, 3.05) is 0 Å². The molecule has 0 fully saturated rings. The van der Waals surface area contributed by atoms with Crippen molar-refractivity contribution in [3.63, 3.8) is 0 Å². The first-order chi connectivity index (χ1) is 6.95. The van der Waals surface area contributed by atoms with Crippen LogP contribution >= 0.6 is 24.8 Å². The van der Waals surface area contributed by atoms with E-state index in [0.717, 1.165) is 0 Å².